The summed E-state index contributed by atoms with van der Waals surface area (Å²) in [7, 11) is 6.41. The third-order valence-electron chi connectivity index (χ3n) is 4.55. The fourth-order valence-corrected chi connectivity index (χ4v) is 3.34. The van der Waals surface area contributed by atoms with Gasteiger partial charge in [0.25, 0.3) is 0 Å². The summed E-state index contributed by atoms with van der Waals surface area (Å²) in [6.45, 7) is 4.31. The molecule has 1 aromatic rings. The van der Waals surface area contributed by atoms with Gasteiger partial charge in [-0.05, 0) is 38.9 Å². The molecule has 1 heterocycles. The average molecular weight is 264 g/mol. The Labute approximate surface area is 117 Å². The van der Waals surface area contributed by atoms with Crippen molar-refractivity contribution >= 4 is 0 Å². The van der Waals surface area contributed by atoms with Gasteiger partial charge in [-0.2, -0.15) is 5.10 Å². The topological polar surface area (TPSA) is 33.1 Å². The Hall–Kier alpha value is -0.870. The van der Waals surface area contributed by atoms with Crippen LogP contribution in [0.4, 0.5) is 0 Å². The molecule has 1 N–H and O–H groups in total. The van der Waals surface area contributed by atoms with E-state index in [4.69, 9.17) is 0 Å². The second-order valence-corrected chi connectivity index (χ2v) is 6.40. The molecule has 0 aromatic carbocycles. The fraction of sp³-hybridized carbons (Fsp3) is 0.800. The van der Waals surface area contributed by atoms with Crippen molar-refractivity contribution in [1.82, 2.24) is 20.0 Å². The van der Waals surface area contributed by atoms with E-state index in [1.807, 2.05) is 17.9 Å². The van der Waals surface area contributed by atoms with Gasteiger partial charge in [0.2, 0.25) is 0 Å². The smallest absolute Gasteiger partial charge is 0.0762 e. The minimum absolute atomic E-state index is 0.326. The van der Waals surface area contributed by atoms with Crippen molar-refractivity contribution < 1.29 is 0 Å². The second kappa shape index (κ2) is 6.06. The summed E-state index contributed by atoms with van der Waals surface area (Å²) in [5.74, 6) is 0.841. The number of hydrogen-bond acceptors (Lipinski definition) is 3. The molecule has 1 saturated carbocycles. The minimum Gasteiger partial charge on any atom is -0.309 e. The summed E-state index contributed by atoms with van der Waals surface area (Å²) < 4.78 is 1.86. The first-order chi connectivity index (χ1) is 9.02. The van der Waals surface area contributed by atoms with Gasteiger partial charge < -0.3 is 10.2 Å². The number of hydrogen-bond donors (Lipinski definition) is 1. The van der Waals surface area contributed by atoms with Crippen molar-refractivity contribution in [1.29, 1.82) is 0 Å². The highest BCUT2D eigenvalue weighted by Gasteiger charge is 2.36. The average Bonchev–Trinajstić information content (AvgIpc) is 2.75. The van der Waals surface area contributed by atoms with Crippen LogP contribution in [-0.4, -0.2) is 40.9 Å². The molecule has 2 unspecified atom stereocenters. The van der Waals surface area contributed by atoms with E-state index in [0.717, 1.165) is 24.7 Å². The first kappa shape index (κ1) is 14.5. The molecule has 108 valence electrons. The molecule has 4 nitrogen and oxygen atoms in total. The van der Waals surface area contributed by atoms with Crippen LogP contribution >= 0.6 is 0 Å². The maximum Gasteiger partial charge on any atom is 0.0762 e. The molecule has 2 rings (SSSR count). The van der Waals surface area contributed by atoms with Gasteiger partial charge in [0.15, 0.2) is 0 Å². The zero-order chi connectivity index (χ0) is 13.9. The van der Waals surface area contributed by atoms with E-state index >= 15 is 0 Å². The van der Waals surface area contributed by atoms with Crippen LogP contribution in [0.25, 0.3) is 0 Å². The molecule has 1 aliphatic carbocycles. The predicted octanol–water partition coefficient (Wildman–Crippen LogP) is 2.02. The highest BCUT2D eigenvalue weighted by molar-refractivity contribution is 5.00. The van der Waals surface area contributed by atoms with Gasteiger partial charge in [-0.15, -0.1) is 0 Å². The van der Waals surface area contributed by atoms with Crippen LogP contribution in [0, 0.1) is 5.92 Å². The Kier molecular flexibility index (Phi) is 4.63. The van der Waals surface area contributed by atoms with Crippen molar-refractivity contribution in [2.75, 3.05) is 20.6 Å². The van der Waals surface area contributed by atoms with Crippen LogP contribution < -0.4 is 5.32 Å². The van der Waals surface area contributed by atoms with Crippen LogP contribution in [0.3, 0.4) is 0 Å². The van der Waals surface area contributed by atoms with Crippen LogP contribution in [0.1, 0.15) is 38.3 Å². The number of nitrogens with one attached hydrogen (secondary N) is 1. The molecule has 1 aromatic heterocycles. The molecule has 0 radical (unpaired) electrons. The molecule has 1 fully saturated rings. The third kappa shape index (κ3) is 3.57. The molecule has 0 spiro atoms. The van der Waals surface area contributed by atoms with E-state index < -0.39 is 0 Å². The van der Waals surface area contributed by atoms with Crippen LogP contribution in [-0.2, 0) is 13.6 Å². The molecule has 19 heavy (non-hydrogen) atoms. The van der Waals surface area contributed by atoms with Crippen molar-refractivity contribution in [2.24, 2.45) is 13.0 Å². The predicted molar refractivity (Wildman–Crippen MR) is 79.0 cm³/mol. The Balaban J connectivity index is 1.90. The number of rotatable bonds is 5. The number of nitrogens with zero attached hydrogens (tertiary/aromatic N) is 3. The summed E-state index contributed by atoms with van der Waals surface area (Å²) in [5.41, 5.74) is 1.45. The van der Waals surface area contributed by atoms with Crippen LogP contribution in [0.15, 0.2) is 12.3 Å². The summed E-state index contributed by atoms with van der Waals surface area (Å²) >= 11 is 0. The van der Waals surface area contributed by atoms with Crippen molar-refractivity contribution in [3.05, 3.63) is 18.0 Å². The van der Waals surface area contributed by atoms with E-state index in [2.05, 4.69) is 42.4 Å². The molecule has 0 amide bonds. The van der Waals surface area contributed by atoms with Gasteiger partial charge in [-0.1, -0.05) is 19.8 Å². The lowest BCUT2D eigenvalue weighted by atomic mass is 9.75. The zero-order valence-electron chi connectivity index (χ0n) is 12.8. The second-order valence-electron chi connectivity index (χ2n) is 6.40. The molecule has 4 heteroatoms. The molecule has 0 bridgehead atoms. The fourth-order valence-electron chi connectivity index (χ4n) is 3.34. The largest absolute Gasteiger partial charge is 0.309 e. The lowest BCUT2D eigenvalue weighted by Crippen LogP contribution is -2.54. The van der Waals surface area contributed by atoms with E-state index in [9.17, 15) is 0 Å². The lowest BCUT2D eigenvalue weighted by molar-refractivity contribution is 0.0748. The van der Waals surface area contributed by atoms with E-state index in [0.29, 0.717) is 5.54 Å². The number of aryl methyl sites for hydroxylation is 1. The molecule has 2 atom stereocenters. The maximum absolute atomic E-state index is 4.42. The summed E-state index contributed by atoms with van der Waals surface area (Å²) in [4.78, 5) is 2.42. The van der Waals surface area contributed by atoms with Crippen LogP contribution in [0.5, 0.6) is 0 Å². The summed E-state index contributed by atoms with van der Waals surface area (Å²) in [5, 5.41) is 8.03. The first-order valence-electron chi connectivity index (χ1n) is 7.38. The molecule has 1 aliphatic rings. The molecule has 0 saturated heterocycles. The molecule has 0 aliphatic heterocycles. The minimum atomic E-state index is 0.326. The number of likely N-dealkylation sites (N-methyl/N-ethyl adjacent to an activating group) is 1. The van der Waals surface area contributed by atoms with Gasteiger partial charge in [-0.25, -0.2) is 0 Å². The SMILES string of the molecule is CC1CCCC(CNCc2ccn(C)n2)(N(C)C)C1. The van der Waals surface area contributed by atoms with Crippen LogP contribution in [0.2, 0.25) is 0 Å². The van der Waals surface area contributed by atoms with Gasteiger partial charge in [0.05, 0.1) is 5.69 Å². The Morgan fingerprint density at radius 3 is 2.89 bits per heavy atom. The lowest BCUT2D eigenvalue weighted by Gasteiger charge is -2.45. The van der Waals surface area contributed by atoms with Gasteiger partial charge in [0, 0.05) is 31.9 Å². The van der Waals surface area contributed by atoms with Crippen molar-refractivity contribution in [2.45, 2.75) is 44.7 Å². The Bertz CT molecular complexity index is 399. The Morgan fingerprint density at radius 2 is 2.32 bits per heavy atom. The zero-order valence-corrected chi connectivity index (χ0v) is 12.8. The highest BCUT2D eigenvalue weighted by Crippen LogP contribution is 2.35. The maximum atomic E-state index is 4.42. The highest BCUT2D eigenvalue weighted by atomic mass is 15.3. The summed E-state index contributed by atoms with van der Waals surface area (Å²) in [6, 6.07) is 2.08. The van der Waals surface area contributed by atoms with Gasteiger partial charge >= 0.3 is 0 Å². The number of aromatic nitrogens is 2. The van der Waals surface area contributed by atoms with E-state index in [-0.39, 0.29) is 0 Å². The quantitative estimate of drug-likeness (QED) is 0.883. The normalized spacial score (nSPS) is 27.9. The van der Waals surface area contributed by atoms with E-state index in [1.165, 1.54) is 25.7 Å². The van der Waals surface area contributed by atoms with Crippen molar-refractivity contribution in [3.63, 3.8) is 0 Å². The standard InChI is InChI=1S/C15H28N4/c1-13-6-5-8-15(10-13,18(2)3)12-16-11-14-7-9-19(4)17-14/h7,9,13,16H,5-6,8,10-12H2,1-4H3. The molecular formula is C15H28N4. The first-order valence-corrected chi connectivity index (χ1v) is 7.38. The summed E-state index contributed by atoms with van der Waals surface area (Å²) in [6.07, 6.45) is 7.34. The monoisotopic (exact) mass is 264 g/mol. The van der Waals surface area contributed by atoms with Gasteiger partial charge in [-0.3, -0.25) is 4.68 Å². The van der Waals surface area contributed by atoms with Crippen molar-refractivity contribution in [3.8, 4) is 0 Å². The Morgan fingerprint density at radius 1 is 1.53 bits per heavy atom. The van der Waals surface area contributed by atoms with E-state index in [1.54, 1.807) is 0 Å². The molecular weight excluding hydrogens is 236 g/mol. The van der Waals surface area contributed by atoms with Gasteiger partial charge in [0.1, 0.15) is 0 Å². The third-order valence-corrected chi connectivity index (χ3v) is 4.55.